The molecule has 38 heavy (non-hydrogen) atoms. The van der Waals surface area contributed by atoms with Gasteiger partial charge in [-0.15, -0.1) is 0 Å². The van der Waals surface area contributed by atoms with Crippen molar-refractivity contribution < 1.29 is 33.2 Å². The Kier molecular flexibility index (Phi) is 9.48. The maximum absolute atomic E-state index is 12.8. The molecule has 0 aliphatic carbocycles. The van der Waals surface area contributed by atoms with Gasteiger partial charge >= 0.3 is 0 Å². The predicted octanol–water partition coefficient (Wildman–Crippen LogP) is 5.14. The highest BCUT2D eigenvalue weighted by molar-refractivity contribution is 6.03. The van der Waals surface area contributed by atoms with Crippen molar-refractivity contribution in [3.05, 3.63) is 65.2 Å². The summed E-state index contributed by atoms with van der Waals surface area (Å²) in [6.07, 6.45) is 6.79. The Morgan fingerprint density at radius 1 is 0.684 bits per heavy atom. The van der Waals surface area contributed by atoms with E-state index < -0.39 is 0 Å². The van der Waals surface area contributed by atoms with Crippen LogP contribution < -0.4 is 39.5 Å². The van der Waals surface area contributed by atoms with Crippen LogP contribution in [0.4, 0.5) is 11.4 Å². The molecule has 9 nitrogen and oxygen atoms in total. The van der Waals surface area contributed by atoms with Crippen molar-refractivity contribution in [3.63, 3.8) is 0 Å². The van der Waals surface area contributed by atoms with Crippen molar-refractivity contribution in [2.24, 2.45) is 0 Å². The first-order valence-corrected chi connectivity index (χ1v) is 11.5. The van der Waals surface area contributed by atoms with E-state index in [0.29, 0.717) is 51.4 Å². The quantitative estimate of drug-likeness (QED) is 0.203. The summed E-state index contributed by atoms with van der Waals surface area (Å²) < 4.78 is 32.2. The Morgan fingerprint density at radius 3 is 1.82 bits per heavy atom. The van der Waals surface area contributed by atoms with Crippen molar-refractivity contribution >= 4 is 35.5 Å². The van der Waals surface area contributed by atoms with E-state index in [1.54, 1.807) is 58.8 Å². The van der Waals surface area contributed by atoms with Gasteiger partial charge in [-0.25, -0.2) is 0 Å². The normalized spacial score (nSPS) is 10.9. The van der Waals surface area contributed by atoms with Crippen LogP contribution in [0.25, 0.3) is 18.2 Å². The molecule has 9 heteroatoms. The van der Waals surface area contributed by atoms with Crippen LogP contribution in [-0.4, -0.2) is 48.6 Å². The number of anilines is 2. The molecule has 0 spiro atoms. The molecule has 0 unspecified atom stereocenters. The average molecular weight is 521 g/mol. The fourth-order valence-corrected chi connectivity index (χ4v) is 3.76. The Balaban J connectivity index is 1.87. The average Bonchev–Trinajstić information content (AvgIpc) is 2.94. The lowest BCUT2D eigenvalue weighted by Gasteiger charge is -2.13. The maximum atomic E-state index is 12.8. The van der Waals surface area contributed by atoms with Gasteiger partial charge in [-0.2, -0.15) is 0 Å². The number of carbonyl (C=O) groups excluding carboxylic acids is 1. The number of amides is 1. The van der Waals surface area contributed by atoms with Crippen LogP contribution in [0, 0.1) is 0 Å². The largest absolute Gasteiger partial charge is 0.497 e. The topological polar surface area (TPSA) is 111 Å². The summed E-state index contributed by atoms with van der Waals surface area (Å²) in [7, 11) is 9.29. The van der Waals surface area contributed by atoms with E-state index in [9.17, 15) is 4.79 Å². The van der Waals surface area contributed by atoms with Crippen LogP contribution in [0.5, 0.6) is 34.5 Å². The molecule has 0 heterocycles. The molecule has 0 radical (unpaired) electrons. The first-order chi connectivity index (χ1) is 18.4. The molecule has 1 amide bonds. The molecule has 3 rings (SSSR count). The van der Waals surface area contributed by atoms with Crippen molar-refractivity contribution in [2.75, 3.05) is 53.7 Å². The molecule has 0 aliphatic heterocycles. The third kappa shape index (κ3) is 6.50. The van der Waals surface area contributed by atoms with E-state index in [2.05, 4.69) is 5.32 Å². The van der Waals surface area contributed by atoms with Gasteiger partial charge in [0.25, 0.3) is 0 Å². The predicted molar refractivity (Wildman–Crippen MR) is 150 cm³/mol. The number of carbonyl (C=O) groups is 1. The van der Waals surface area contributed by atoms with Crippen molar-refractivity contribution in [3.8, 4) is 34.5 Å². The minimum atomic E-state index is -0.328. The van der Waals surface area contributed by atoms with Crippen molar-refractivity contribution in [1.29, 1.82) is 0 Å². The van der Waals surface area contributed by atoms with Gasteiger partial charge in [0.2, 0.25) is 11.7 Å². The second kappa shape index (κ2) is 13.0. The number of methoxy groups -OCH3 is 6. The van der Waals surface area contributed by atoms with Gasteiger partial charge in [-0.1, -0.05) is 12.2 Å². The highest BCUT2D eigenvalue weighted by atomic mass is 16.5. The molecule has 0 fully saturated rings. The fourth-order valence-electron chi connectivity index (χ4n) is 3.76. The summed E-state index contributed by atoms with van der Waals surface area (Å²) in [5.74, 6) is 2.80. The molecular weight excluding hydrogens is 488 g/mol. The second-order valence-electron chi connectivity index (χ2n) is 7.91. The molecule has 0 aliphatic rings. The Labute approximate surface area is 222 Å². The van der Waals surface area contributed by atoms with E-state index in [1.807, 2.05) is 30.4 Å². The third-order valence-corrected chi connectivity index (χ3v) is 5.62. The Hall–Kier alpha value is -4.79. The first-order valence-electron chi connectivity index (χ1n) is 11.5. The van der Waals surface area contributed by atoms with Gasteiger partial charge in [0.05, 0.1) is 48.3 Å². The summed E-state index contributed by atoms with van der Waals surface area (Å²) in [6.45, 7) is 0. The van der Waals surface area contributed by atoms with Crippen LogP contribution in [-0.2, 0) is 4.79 Å². The number of nitrogen functional groups attached to an aromatic ring is 1. The summed E-state index contributed by atoms with van der Waals surface area (Å²) in [5, 5.41) is 2.91. The summed E-state index contributed by atoms with van der Waals surface area (Å²) in [4.78, 5) is 12.8. The minimum absolute atomic E-state index is 0.328. The van der Waals surface area contributed by atoms with Gasteiger partial charge in [0.1, 0.15) is 5.75 Å². The third-order valence-electron chi connectivity index (χ3n) is 5.62. The minimum Gasteiger partial charge on any atom is -0.497 e. The molecule has 3 N–H and O–H groups in total. The van der Waals surface area contributed by atoms with Crippen LogP contribution >= 0.6 is 0 Å². The number of hydrogen-bond acceptors (Lipinski definition) is 8. The van der Waals surface area contributed by atoms with Crippen LogP contribution in [0.3, 0.4) is 0 Å². The standard InChI is InChI=1S/C29H32N2O7/c1-33-21-10-11-23(31-27(32)12-8-18-13-22(30)28(37-5)24(14-18)34-2)20(17-21)9-7-19-15-25(35-3)29(38-6)26(16-19)36-4/h7-17H,30H2,1-6H3,(H,31,32)/b9-7+,12-8+. The van der Waals surface area contributed by atoms with E-state index in [0.717, 1.165) is 11.1 Å². The molecule has 3 aromatic carbocycles. The molecule has 0 saturated carbocycles. The Bertz CT molecular complexity index is 1320. The Morgan fingerprint density at radius 2 is 1.26 bits per heavy atom. The second-order valence-corrected chi connectivity index (χ2v) is 7.91. The first kappa shape index (κ1) is 27.8. The molecule has 200 valence electrons. The molecule has 0 bridgehead atoms. The zero-order valence-electron chi connectivity index (χ0n) is 22.3. The molecule has 3 aromatic rings. The SMILES string of the molecule is COc1ccc(NC(=O)/C=C/c2cc(N)c(OC)c(OC)c2)c(/C=C/c2cc(OC)c(OC)c(OC)c2)c1. The van der Waals surface area contributed by atoms with E-state index in [-0.39, 0.29) is 5.91 Å². The lowest BCUT2D eigenvalue weighted by Crippen LogP contribution is -2.09. The summed E-state index contributed by atoms with van der Waals surface area (Å²) in [6, 6.07) is 12.4. The maximum Gasteiger partial charge on any atom is 0.248 e. The highest BCUT2D eigenvalue weighted by Gasteiger charge is 2.13. The monoisotopic (exact) mass is 520 g/mol. The lowest BCUT2D eigenvalue weighted by atomic mass is 10.1. The zero-order chi connectivity index (χ0) is 27.7. The molecule has 0 saturated heterocycles. The fraction of sp³-hybridized carbons (Fsp3) is 0.207. The lowest BCUT2D eigenvalue weighted by molar-refractivity contribution is -0.111. The van der Waals surface area contributed by atoms with E-state index in [1.165, 1.54) is 20.3 Å². The van der Waals surface area contributed by atoms with Crippen molar-refractivity contribution in [2.45, 2.75) is 0 Å². The molecular formula is C29H32N2O7. The van der Waals surface area contributed by atoms with Crippen LogP contribution in [0.2, 0.25) is 0 Å². The van der Waals surface area contributed by atoms with Crippen LogP contribution in [0.1, 0.15) is 16.7 Å². The number of rotatable bonds is 11. The summed E-state index contributed by atoms with van der Waals surface area (Å²) in [5.41, 5.74) is 9.27. The number of nitrogens with one attached hydrogen (secondary N) is 1. The number of nitrogens with two attached hydrogens (primary N) is 1. The van der Waals surface area contributed by atoms with Gasteiger partial charge in [0.15, 0.2) is 23.0 Å². The van der Waals surface area contributed by atoms with Crippen molar-refractivity contribution in [1.82, 2.24) is 0 Å². The molecule has 0 atom stereocenters. The van der Waals surface area contributed by atoms with Crippen LogP contribution in [0.15, 0.2) is 48.5 Å². The van der Waals surface area contributed by atoms with Gasteiger partial charge in [0, 0.05) is 17.3 Å². The van der Waals surface area contributed by atoms with Gasteiger partial charge in [-0.3, -0.25) is 4.79 Å². The number of hydrogen-bond donors (Lipinski definition) is 2. The summed E-state index contributed by atoms with van der Waals surface area (Å²) >= 11 is 0. The van der Waals surface area contributed by atoms with Gasteiger partial charge < -0.3 is 39.5 Å². The van der Waals surface area contributed by atoms with E-state index in [4.69, 9.17) is 34.2 Å². The number of ether oxygens (including phenoxy) is 6. The zero-order valence-corrected chi connectivity index (χ0v) is 22.3. The smallest absolute Gasteiger partial charge is 0.248 e. The van der Waals surface area contributed by atoms with Gasteiger partial charge in [-0.05, 0) is 59.7 Å². The van der Waals surface area contributed by atoms with E-state index >= 15 is 0 Å². The molecule has 0 aromatic heterocycles. The number of benzene rings is 3. The highest BCUT2D eigenvalue weighted by Crippen LogP contribution is 2.39.